The Labute approximate surface area is 154 Å². The van der Waals surface area contributed by atoms with Crippen molar-refractivity contribution in [2.75, 3.05) is 21.3 Å². The molecule has 0 amide bonds. The summed E-state index contributed by atoms with van der Waals surface area (Å²) in [5.41, 5.74) is 1.88. The SMILES string of the molecule is C/C=C/c1ccc(O[C@@H](C)[C@@H](OC)c2ccc(O)c(OC)c2)c(OC)c1. The second-order valence-electron chi connectivity index (χ2n) is 5.82. The van der Waals surface area contributed by atoms with Crippen molar-refractivity contribution in [1.82, 2.24) is 0 Å². The molecule has 0 saturated carbocycles. The van der Waals surface area contributed by atoms with Gasteiger partial charge in [-0.05, 0) is 49.2 Å². The van der Waals surface area contributed by atoms with Gasteiger partial charge in [0.1, 0.15) is 12.2 Å². The number of benzene rings is 2. The molecule has 0 aliphatic heterocycles. The van der Waals surface area contributed by atoms with Gasteiger partial charge in [0.05, 0.1) is 14.2 Å². The van der Waals surface area contributed by atoms with E-state index in [2.05, 4.69) is 0 Å². The molecule has 2 rings (SSSR count). The summed E-state index contributed by atoms with van der Waals surface area (Å²) in [6, 6.07) is 10.9. The van der Waals surface area contributed by atoms with Gasteiger partial charge in [0.15, 0.2) is 23.0 Å². The summed E-state index contributed by atoms with van der Waals surface area (Å²) in [5, 5.41) is 9.78. The lowest BCUT2D eigenvalue weighted by Crippen LogP contribution is -2.23. The van der Waals surface area contributed by atoms with Crippen LogP contribution in [0, 0.1) is 0 Å². The Morgan fingerprint density at radius 1 is 0.923 bits per heavy atom. The Morgan fingerprint density at radius 3 is 2.27 bits per heavy atom. The molecule has 26 heavy (non-hydrogen) atoms. The summed E-state index contributed by atoms with van der Waals surface area (Å²) in [4.78, 5) is 0. The largest absolute Gasteiger partial charge is 0.504 e. The second kappa shape index (κ2) is 9.15. The molecule has 0 bridgehead atoms. The van der Waals surface area contributed by atoms with Crippen molar-refractivity contribution in [2.45, 2.75) is 26.1 Å². The molecule has 0 aliphatic carbocycles. The van der Waals surface area contributed by atoms with Crippen molar-refractivity contribution in [1.29, 1.82) is 0 Å². The smallest absolute Gasteiger partial charge is 0.161 e. The van der Waals surface area contributed by atoms with E-state index in [1.165, 1.54) is 7.11 Å². The fourth-order valence-corrected chi connectivity index (χ4v) is 2.81. The Bertz CT molecular complexity index is 754. The summed E-state index contributed by atoms with van der Waals surface area (Å²) in [5.74, 6) is 1.78. The van der Waals surface area contributed by atoms with E-state index in [0.717, 1.165) is 11.1 Å². The van der Waals surface area contributed by atoms with Crippen LogP contribution in [0.25, 0.3) is 6.08 Å². The summed E-state index contributed by atoms with van der Waals surface area (Å²) >= 11 is 0. The molecule has 0 unspecified atom stereocenters. The van der Waals surface area contributed by atoms with Crippen LogP contribution in [0.5, 0.6) is 23.0 Å². The third-order valence-electron chi connectivity index (χ3n) is 4.07. The van der Waals surface area contributed by atoms with Crippen molar-refractivity contribution in [3.05, 3.63) is 53.6 Å². The topological polar surface area (TPSA) is 57.2 Å². The molecular weight excluding hydrogens is 332 g/mol. The van der Waals surface area contributed by atoms with Gasteiger partial charge in [-0.3, -0.25) is 0 Å². The van der Waals surface area contributed by atoms with Gasteiger partial charge in [-0.25, -0.2) is 0 Å². The maximum absolute atomic E-state index is 9.78. The summed E-state index contributed by atoms with van der Waals surface area (Å²) in [7, 11) is 4.75. The van der Waals surface area contributed by atoms with Gasteiger partial charge in [-0.2, -0.15) is 0 Å². The molecule has 2 aromatic carbocycles. The molecule has 5 heteroatoms. The number of ether oxygens (including phenoxy) is 4. The normalized spacial score (nSPS) is 13.4. The van der Waals surface area contributed by atoms with Gasteiger partial charge in [0.25, 0.3) is 0 Å². The first-order chi connectivity index (χ1) is 12.5. The van der Waals surface area contributed by atoms with E-state index in [0.29, 0.717) is 17.2 Å². The number of phenols is 1. The minimum absolute atomic E-state index is 0.0842. The van der Waals surface area contributed by atoms with Crippen molar-refractivity contribution in [3.8, 4) is 23.0 Å². The molecule has 1 N–H and O–H groups in total. The van der Waals surface area contributed by atoms with E-state index < -0.39 is 0 Å². The molecule has 5 nitrogen and oxygen atoms in total. The van der Waals surface area contributed by atoms with Crippen molar-refractivity contribution in [3.63, 3.8) is 0 Å². The van der Waals surface area contributed by atoms with E-state index in [4.69, 9.17) is 18.9 Å². The van der Waals surface area contributed by atoms with Crippen LogP contribution in [-0.2, 0) is 4.74 Å². The fraction of sp³-hybridized carbons (Fsp3) is 0.333. The number of rotatable bonds is 8. The van der Waals surface area contributed by atoms with Crippen LogP contribution in [0.3, 0.4) is 0 Å². The van der Waals surface area contributed by atoms with Gasteiger partial charge >= 0.3 is 0 Å². The third kappa shape index (κ3) is 4.49. The van der Waals surface area contributed by atoms with Gasteiger partial charge < -0.3 is 24.1 Å². The van der Waals surface area contributed by atoms with E-state index in [1.807, 2.05) is 44.2 Å². The number of aromatic hydroxyl groups is 1. The molecule has 0 saturated heterocycles. The van der Waals surface area contributed by atoms with Gasteiger partial charge in [0, 0.05) is 7.11 Å². The maximum atomic E-state index is 9.78. The molecule has 0 radical (unpaired) electrons. The van der Waals surface area contributed by atoms with Gasteiger partial charge in [-0.15, -0.1) is 0 Å². The van der Waals surface area contributed by atoms with Crippen LogP contribution in [0.4, 0.5) is 0 Å². The molecule has 0 aromatic heterocycles. The highest BCUT2D eigenvalue weighted by atomic mass is 16.5. The van der Waals surface area contributed by atoms with Gasteiger partial charge in [-0.1, -0.05) is 24.3 Å². The highest BCUT2D eigenvalue weighted by Crippen LogP contribution is 2.35. The molecule has 2 atom stereocenters. The standard InChI is InChI=1S/C21H26O5/c1-6-7-15-8-11-18(20(12-15)24-4)26-14(2)21(25-5)16-9-10-17(22)19(13-16)23-3/h6-14,21-22H,1-5H3/b7-6+/t14-,21+/m0/s1. The van der Waals surface area contributed by atoms with Crippen LogP contribution >= 0.6 is 0 Å². The Hall–Kier alpha value is -2.66. The summed E-state index contributed by atoms with van der Waals surface area (Å²) < 4.78 is 22.4. The number of hydrogen-bond donors (Lipinski definition) is 1. The Morgan fingerprint density at radius 2 is 1.65 bits per heavy atom. The average Bonchev–Trinajstić information content (AvgIpc) is 2.65. The van der Waals surface area contributed by atoms with E-state index >= 15 is 0 Å². The number of allylic oxidation sites excluding steroid dienone is 1. The van der Waals surface area contributed by atoms with Crippen LogP contribution in [0.2, 0.25) is 0 Å². The molecule has 2 aromatic rings. The van der Waals surface area contributed by atoms with Crippen LogP contribution in [0.15, 0.2) is 42.5 Å². The lowest BCUT2D eigenvalue weighted by molar-refractivity contribution is 0.00834. The predicted octanol–water partition coefficient (Wildman–Crippen LogP) is 4.60. The maximum Gasteiger partial charge on any atom is 0.161 e. The molecule has 0 spiro atoms. The first-order valence-corrected chi connectivity index (χ1v) is 8.41. The fourth-order valence-electron chi connectivity index (χ4n) is 2.81. The number of phenolic OH excluding ortho intramolecular Hbond substituents is 1. The minimum Gasteiger partial charge on any atom is -0.504 e. The first kappa shape index (κ1) is 19.7. The second-order valence-corrected chi connectivity index (χ2v) is 5.82. The zero-order valence-electron chi connectivity index (χ0n) is 15.9. The monoisotopic (exact) mass is 358 g/mol. The zero-order valence-corrected chi connectivity index (χ0v) is 15.9. The predicted molar refractivity (Wildman–Crippen MR) is 102 cm³/mol. The minimum atomic E-state index is -0.343. The Kier molecular flexibility index (Phi) is 6.92. The van der Waals surface area contributed by atoms with Crippen LogP contribution < -0.4 is 14.2 Å². The van der Waals surface area contributed by atoms with Gasteiger partial charge in [0.2, 0.25) is 0 Å². The molecule has 0 heterocycles. The molecular formula is C21H26O5. The van der Waals surface area contributed by atoms with Crippen LogP contribution in [-0.4, -0.2) is 32.5 Å². The molecule has 0 fully saturated rings. The van der Waals surface area contributed by atoms with Crippen molar-refractivity contribution in [2.24, 2.45) is 0 Å². The first-order valence-electron chi connectivity index (χ1n) is 8.41. The Balaban J connectivity index is 2.25. The number of hydrogen-bond acceptors (Lipinski definition) is 5. The number of methoxy groups -OCH3 is 3. The van der Waals surface area contributed by atoms with E-state index in [9.17, 15) is 5.11 Å². The lowest BCUT2D eigenvalue weighted by atomic mass is 10.0. The quantitative estimate of drug-likeness (QED) is 0.747. The lowest BCUT2D eigenvalue weighted by Gasteiger charge is -2.25. The highest BCUT2D eigenvalue weighted by molar-refractivity contribution is 5.55. The van der Waals surface area contributed by atoms with E-state index in [1.54, 1.807) is 32.4 Å². The van der Waals surface area contributed by atoms with Crippen molar-refractivity contribution < 1.29 is 24.1 Å². The highest BCUT2D eigenvalue weighted by Gasteiger charge is 2.23. The average molecular weight is 358 g/mol. The third-order valence-corrected chi connectivity index (χ3v) is 4.07. The summed E-state index contributed by atoms with van der Waals surface area (Å²) in [6.07, 6.45) is 3.33. The molecule has 0 aliphatic rings. The summed E-state index contributed by atoms with van der Waals surface area (Å²) in [6.45, 7) is 3.89. The van der Waals surface area contributed by atoms with Crippen LogP contribution in [0.1, 0.15) is 31.1 Å². The van der Waals surface area contributed by atoms with E-state index in [-0.39, 0.29) is 18.0 Å². The van der Waals surface area contributed by atoms with Crippen molar-refractivity contribution >= 4 is 6.08 Å². The zero-order chi connectivity index (χ0) is 19.1. The molecule has 140 valence electrons.